The Kier molecular flexibility index (Phi) is 5.55. The van der Waals surface area contributed by atoms with Gasteiger partial charge >= 0.3 is 17.8 Å². The van der Waals surface area contributed by atoms with E-state index in [0.29, 0.717) is 16.4 Å². The lowest BCUT2D eigenvalue weighted by atomic mass is 10.2. The molecule has 0 saturated heterocycles. The molecule has 0 fully saturated rings. The van der Waals surface area contributed by atoms with Gasteiger partial charge in [-0.05, 0) is 42.8 Å². The van der Waals surface area contributed by atoms with Gasteiger partial charge < -0.3 is 15.4 Å². The van der Waals surface area contributed by atoms with E-state index >= 15 is 0 Å². The maximum Gasteiger partial charge on any atom is 0.337 e. The van der Waals surface area contributed by atoms with Crippen LogP contribution in [0.2, 0.25) is 5.02 Å². The molecule has 2 aromatic carbocycles. The predicted molar refractivity (Wildman–Crippen MR) is 91.2 cm³/mol. The first-order valence-corrected chi connectivity index (χ1v) is 7.35. The zero-order valence-electron chi connectivity index (χ0n) is 13.1. The third-order valence-electron chi connectivity index (χ3n) is 3.18. The van der Waals surface area contributed by atoms with E-state index in [2.05, 4.69) is 15.4 Å². The van der Waals surface area contributed by atoms with Crippen LogP contribution >= 0.6 is 11.6 Å². The lowest BCUT2D eigenvalue weighted by Crippen LogP contribution is -2.29. The van der Waals surface area contributed by atoms with Crippen LogP contribution in [0, 0.1) is 6.92 Å². The number of methoxy groups -OCH3 is 1. The molecule has 2 amide bonds. The van der Waals surface area contributed by atoms with Gasteiger partial charge in [-0.15, -0.1) is 0 Å². The number of ether oxygens (including phenoxy) is 1. The predicted octanol–water partition coefficient (Wildman–Crippen LogP) is 3.01. The van der Waals surface area contributed by atoms with Crippen LogP contribution in [-0.4, -0.2) is 24.9 Å². The van der Waals surface area contributed by atoms with Crippen molar-refractivity contribution in [1.29, 1.82) is 0 Å². The van der Waals surface area contributed by atoms with E-state index in [-0.39, 0.29) is 5.56 Å². The molecule has 2 N–H and O–H groups in total. The van der Waals surface area contributed by atoms with Crippen molar-refractivity contribution in [3.05, 3.63) is 58.6 Å². The molecule has 0 heterocycles. The molecule has 0 atom stereocenters. The molecule has 6 nitrogen and oxygen atoms in total. The molecule has 2 rings (SSSR count). The number of hydrogen-bond donors (Lipinski definition) is 2. The summed E-state index contributed by atoms with van der Waals surface area (Å²) in [5, 5.41) is 5.35. The number of anilines is 2. The maximum atomic E-state index is 11.9. The van der Waals surface area contributed by atoms with Gasteiger partial charge in [-0.2, -0.15) is 0 Å². The van der Waals surface area contributed by atoms with E-state index in [9.17, 15) is 14.4 Å². The van der Waals surface area contributed by atoms with Crippen LogP contribution in [0.5, 0.6) is 0 Å². The van der Waals surface area contributed by atoms with Crippen LogP contribution in [0.3, 0.4) is 0 Å². The van der Waals surface area contributed by atoms with Gasteiger partial charge in [-0.3, -0.25) is 9.59 Å². The van der Waals surface area contributed by atoms with Gasteiger partial charge in [-0.1, -0.05) is 23.7 Å². The summed E-state index contributed by atoms with van der Waals surface area (Å²) in [6, 6.07) is 11.0. The van der Waals surface area contributed by atoms with Crippen LogP contribution in [0.4, 0.5) is 11.4 Å². The Bertz CT molecular complexity index is 805. The zero-order valence-corrected chi connectivity index (χ0v) is 13.8. The fourth-order valence-corrected chi connectivity index (χ4v) is 2.07. The monoisotopic (exact) mass is 346 g/mol. The average Bonchev–Trinajstić information content (AvgIpc) is 2.57. The summed E-state index contributed by atoms with van der Waals surface area (Å²) >= 11 is 5.97. The number of carbonyl (C=O) groups is 3. The third-order valence-corrected chi connectivity index (χ3v) is 3.58. The molecule has 0 aromatic heterocycles. The van der Waals surface area contributed by atoms with Crippen LogP contribution in [-0.2, 0) is 14.3 Å². The Labute approximate surface area is 143 Å². The van der Waals surface area contributed by atoms with Gasteiger partial charge in [0.1, 0.15) is 0 Å². The highest BCUT2D eigenvalue weighted by Crippen LogP contribution is 2.20. The number of amides is 2. The van der Waals surface area contributed by atoms with Gasteiger partial charge in [0.15, 0.2) is 0 Å². The highest BCUT2D eigenvalue weighted by atomic mass is 35.5. The normalized spacial score (nSPS) is 9.96. The number of benzene rings is 2. The van der Waals surface area contributed by atoms with E-state index in [1.54, 1.807) is 30.3 Å². The summed E-state index contributed by atoms with van der Waals surface area (Å²) in [6.07, 6.45) is 0. The van der Waals surface area contributed by atoms with Gasteiger partial charge in [0.2, 0.25) is 0 Å². The number of hydrogen-bond acceptors (Lipinski definition) is 4. The molecule has 0 aliphatic carbocycles. The molecule has 0 unspecified atom stereocenters. The Morgan fingerprint density at radius 1 is 0.958 bits per heavy atom. The van der Waals surface area contributed by atoms with Crippen molar-refractivity contribution in [2.45, 2.75) is 6.92 Å². The van der Waals surface area contributed by atoms with E-state index in [0.717, 1.165) is 5.56 Å². The first-order valence-electron chi connectivity index (χ1n) is 6.97. The number of aryl methyl sites for hydroxylation is 1. The van der Waals surface area contributed by atoms with Crippen molar-refractivity contribution in [2.24, 2.45) is 0 Å². The molecule has 24 heavy (non-hydrogen) atoms. The summed E-state index contributed by atoms with van der Waals surface area (Å²) in [5.41, 5.74) is 1.84. The van der Waals surface area contributed by atoms with Crippen LogP contribution in [0.25, 0.3) is 0 Å². The second kappa shape index (κ2) is 7.61. The molecular weight excluding hydrogens is 332 g/mol. The first-order chi connectivity index (χ1) is 11.4. The minimum Gasteiger partial charge on any atom is -0.465 e. The number of halogens is 1. The van der Waals surface area contributed by atoms with Crippen LogP contribution in [0.1, 0.15) is 15.9 Å². The molecule has 0 bridgehead atoms. The van der Waals surface area contributed by atoms with Gasteiger partial charge in [0, 0.05) is 16.4 Å². The number of nitrogens with one attached hydrogen (secondary N) is 2. The van der Waals surface area contributed by atoms with Crippen molar-refractivity contribution in [3.63, 3.8) is 0 Å². The first kappa shape index (κ1) is 17.5. The summed E-state index contributed by atoms with van der Waals surface area (Å²) in [4.78, 5) is 35.3. The molecule has 7 heteroatoms. The SMILES string of the molecule is COC(=O)c1cccc(NC(=O)C(=O)Nc2ccc(C)c(Cl)c2)c1. The minimum absolute atomic E-state index is 0.265. The summed E-state index contributed by atoms with van der Waals surface area (Å²) in [5.74, 6) is -2.25. The molecule has 2 aromatic rings. The molecule has 124 valence electrons. The van der Waals surface area contributed by atoms with Crippen LogP contribution < -0.4 is 10.6 Å². The van der Waals surface area contributed by atoms with E-state index < -0.39 is 17.8 Å². The van der Waals surface area contributed by atoms with Gasteiger partial charge in [0.05, 0.1) is 12.7 Å². The molecule has 0 saturated carbocycles. The van der Waals surface area contributed by atoms with Crippen LogP contribution in [0.15, 0.2) is 42.5 Å². The third kappa shape index (κ3) is 4.33. The zero-order chi connectivity index (χ0) is 17.7. The Morgan fingerprint density at radius 2 is 1.58 bits per heavy atom. The van der Waals surface area contributed by atoms with E-state index in [1.165, 1.54) is 19.2 Å². The van der Waals surface area contributed by atoms with Gasteiger partial charge in [-0.25, -0.2) is 4.79 Å². The van der Waals surface area contributed by atoms with Crippen molar-refractivity contribution in [2.75, 3.05) is 17.7 Å². The van der Waals surface area contributed by atoms with Crippen molar-refractivity contribution in [1.82, 2.24) is 0 Å². The average molecular weight is 347 g/mol. The second-order valence-corrected chi connectivity index (χ2v) is 5.35. The minimum atomic E-state index is -0.867. The Hall–Kier alpha value is -2.86. The maximum absolute atomic E-state index is 11.9. The lowest BCUT2D eigenvalue weighted by molar-refractivity contribution is -0.132. The summed E-state index contributed by atoms with van der Waals surface area (Å²) in [6.45, 7) is 1.83. The second-order valence-electron chi connectivity index (χ2n) is 4.94. The van der Waals surface area contributed by atoms with Crippen molar-refractivity contribution in [3.8, 4) is 0 Å². The number of rotatable bonds is 3. The Morgan fingerprint density at radius 3 is 2.17 bits per heavy atom. The van der Waals surface area contributed by atoms with Gasteiger partial charge in [0.25, 0.3) is 0 Å². The van der Waals surface area contributed by atoms with Crippen molar-refractivity contribution >= 4 is 40.8 Å². The molecule has 0 aliphatic rings. The largest absolute Gasteiger partial charge is 0.465 e. The topological polar surface area (TPSA) is 84.5 Å². The summed E-state index contributed by atoms with van der Waals surface area (Å²) in [7, 11) is 1.26. The quantitative estimate of drug-likeness (QED) is 0.661. The molecule has 0 radical (unpaired) electrons. The number of esters is 1. The molecule has 0 spiro atoms. The molecular formula is C17H15ClN2O4. The standard InChI is InChI=1S/C17H15ClN2O4/c1-10-6-7-13(9-14(10)18)20-16(22)15(21)19-12-5-3-4-11(8-12)17(23)24-2/h3-9H,1-2H3,(H,19,21)(H,20,22). The highest BCUT2D eigenvalue weighted by Gasteiger charge is 2.15. The smallest absolute Gasteiger partial charge is 0.337 e. The number of carbonyl (C=O) groups excluding carboxylic acids is 3. The summed E-state index contributed by atoms with van der Waals surface area (Å²) < 4.78 is 4.60. The molecule has 0 aliphatic heterocycles. The van der Waals surface area contributed by atoms with E-state index in [4.69, 9.17) is 11.6 Å². The van der Waals surface area contributed by atoms with E-state index in [1.807, 2.05) is 6.92 Å². The Balaban J connectivity index is 2.05. The lowest BCUT2D eigenvalue weighted by Gasteiger charge is -2.08. The van der Waals surface area contributed by atoms with Crippen molar-refractivity contribution < 1.29 is 19.1 Å². The fourth-order valence-electron chi connectivity index (χ4n) is 1.89. The highest BCUT2D eigenvalue weighted by molar-refractivity contribution is 6.43. The fraction of sp³-hybridized carbons (Fsp3) is 0.118.